The van der Waals surface area contributed by atoms with E-state index in [0.29, 0.717) is 0 Å². The molecule has 0 amide bonds. The monoisotopic (exact) mass is 102 g/mol. The van der Waals surface area contributed by atoms with E-state index in [1.807, 2.05) is 0 Å². The quantitative estimate of drug-likeness (QED) is 0.361. The predicted octanol–water partition coefficient (Wildman–Crippen LogP) is -1.19. The van der Waals surface area contributed by atoms with E-state index in [9.17, 15) is 0 Å². The minimum Gasteiger partial charge on any atom is -0.870 e. The van der Waals surface area contributed by atoms with Gasteiger partial charge in [-0.2, -0.15) is 0 Å². The van der Waals surface area contributed by atoms with E-state index in [4.69, 9.17) is 5.11 Å². The Labute approximate surface area is 61.5 Å². The van der Waals surface area contributed by atoms with Crippen molar-refractivity contribution in [1.82, 2.24) is 0 Å². The van der Waals surface area contributed by atoms with Gasteiger partial charge < -0.3 is 10.6 Å². The summed E-state index contributed by atoms with van der Waals surface area (Å²) < 4.78 is 0. The van der Waals surface area contributed by atoms with Crippen LogP contribution < -0.4 is 5.11 Å². The van der Waals surface area contributed by atoms with Crippen LogP contribution in [0.3, 0.4) is 0 Å². The van der Waals surface area contributed by atoms with E-state index in [1.165, 1.54) is 0 Å². The molecule has 0 bridgehead atoms. The van der Waals surface area contributed by atoms with E-state index in [2.05, 4.69) is 0 Å². The molecule has 3 heteroatoms. The van der Waals surface area contributed by atoms with Crippen LogP contribution in [0, 0.1) is 0 Å². The molecule has 0 saturated heterocycles. The van der Waals surface area contributed by atoms with Gasteiger partial charge in [0.25, 0.3) is 0 Å². The summed E-state index contributed by atoms with van der Waals surface area (Å²) >= 11 is 0. The van der Waals surface area contributed by atoms with Crippen LogP contribution in [0.5, 0.6) is 0 Å². The zero-order valence-electron chi connectivity index (χ0n) is 3.27. The van der Waals surface area contributed by atoms with Crippen molar-refractivity contribution < 1.29 is 10.6 Å². The average molecular weight is 102 g/mol. The Kier molecular flexibility index (Phi) is 62.5. The molecule has 0 unspecified atom stereocenters. The second kappa shape index (κ2) is 19.0. The van der Waals surface area contributed by atoms with Crippen LogP contribution in [0.15, 0.2) is 0 Å². The van der Waals surface area contributed by atoms with Crippen LogP contribution in [0.4, 0.5) is 0 Å². The van der Waals surface area contributed by atoms with Gasteiger partial charge >= 0.3 is 37.7 Å². The summed E-state index contributed by atoms with van der Waals surface area (Å²) in [5.74, 6) is 0. The Hall–Kier alpha value is 1.18. The molecule has 1 N–H and O–H groups in total. The SMILES string of the molecule is CC[O-].[Ca+2].[OH-]. The van der Waals surface area contributed by atoms with E-state index >= 15 is 0 Å². The summed E-state index contributed by atoms with van der Waals surface area (Å²) in [4.78, 5) is 0. The third kappa shape index (κ3) is 37.6. The Morgan fingerprint density at radius 2 is 1.60 bits per heavy atom. The topological polar surface area (TPSA) is 53.1 Å². The van der Waals surface area contributed by atoms with Crippen molar-refractivity contribution >= 4 is 37.7 Å². The largest absolute Gasteiger partial charge is 2.00 e. The number of hydrogen-bond donors (Lipinski definition) is 0. The summed E-state index contributed by atoms with van der Waals surface area (Å²) in [6, 6.07) is 0. The maximum absolute atomic E-state index is 8.93. The Bertz CT molecular complexity index is 7.61. The molecule has 0 aliphatic rings. The van der Waals surface area contributed by atoms with Crippen LogP contribution in [-0.4, -0.2) is 49.8 Å². The van der Waals surface area contributed by atoms with Gasteiger partial charge in [-0.15, -0.1) is 6.61 Å². The van der Waals surface area contributed by atoms with Crippen molar-refractivity contribution in [3.05, 3.63) is 0 Å². The first-order valence-corrected chi connectivity index (χ1v) is 0.996. The van der Waals surface area contributed by atoms with Crippen molar-refractivity contribution in [2.75, 3.05) is 6.61 Å². The van der Waals surface area contributed by atoms with Crippen LogP contribution in [0.25, 0.3) is 0 Å². The molecular formula is C2H6CaO2. The summed E-state index contributed by atoms with van der Waals surface area (Å²) in [5, 5.41) is 8.93. The summed E-state index contributed by atoms with van der Waals surface area (Å²) in [6.07, 6.45) is 0. The predicted molar refractivity (Wildman–Crippen MR) is 18.2 cm³/mol. The first-order chi connectivity index (χ1) is 1.41. The zero-order valence-corrected chi connectivity index (χ0v) is 5.48. The molecule has 0 spiro atoms. The molecule has 28 valence electrons. The van der Waals surface area contributed by atoms with Crippen molar-refractivity contribution in [3.8, 4) is 0 Å². The molecule has 0 saturated carbocycles. The fourth-order valence-corrected chi connectivity index (χ4v) is 0. The van der Waals surface area contributed by atoms with Crippen LogP contribution in [0.1, 0.15) is 6.92 Å². The van der Waals surface area contributed by atoms with Gasteiger partial charge in [-0.3, -0.25) is 0 Å². The zero-order chi connectivity index (χ0) is 2.71. The molecule has 5 heavy (non-hydrogen) atoms. The minimum absolute atomic E-state index is 0. The van der Waals surface area contributed by atoms with Gasteiger partial charge in [-0.1, -0.05) is 6.92 Å². The van der Waals surface area contributed by atoms with E-state index in [0.717, 1.165) is 0 Å². The molecule has 0 rings (SSSR count). The Morgan fingerprint density at radius 1 is 1.60 bits per heavy atom. The van der Waals surface area contributed by atoms with Gasteiger partial charge in [-0.25, -0.2) is 0 Å². The van der Waals surface area contributed by atoms with E-state index in [1.54, 1.807) is 6.92 Å². The van der Waals surface area contributed by atoms with Crippen molar-refractivity contribution in [1.29, 1.82) is 0 Å². The van der Waals surface area contributed by atoms with Gasteiger partial charge in [0.15, 0.2) is 0 Å². The second-order valence-electron chi connectivity index (χ2n) is 0.289. The van der Waals surface area contributed by atoms with Gasteiger partial charge in [0, 0.05) is 0 Å². The minimum atomic E-state index is 0. The first kappa shape index (κ1) is 16.4. The van der Waals surface area contributed by atoms with Crippen molar-refractivity contribution in [3.63, 3.8) is 0 Å². The van der Waals surface area contributed by atoms with Crippen LogP contribution in [0.2, 0.25) is 0 Å². The van der Waals surface area contributed by atoms with Gasteiger partial charge in [0.1, 0.15) is 0 Å². The standard InChI is InChI=1S/C2H5O.Ca.H2O/c1-2-3;;/h2H2,1H3;;1H2/q-1;+2;/p-1. The molecule has 0 aliphatic carbocycles. The normalized spacial score (nSPS) is 3.60. The maximum Gasteiger partial charge on any atom is 2.00 e. The third-order valence-electron chi connectivity index (χ3n) is 0. The summed E-state index contributed by atoms with van der Waals surface area (Å²) in [7, 11) is 0. The van der Waals surface area contributed by atoms with Crippen LogP contribution >= 0.6 is 0 Å². The Morgan fingerprint density at radius 3 is 1.60 bits per heavy atom. The number of hydrogen-bond acceptors (Lipinski definition) is 2. The maximum atomic E-state index is 8.93. The van der Waals surface area contributed by atoms with Crippen molar-refractivity contribution in [2.45, 2.75) is 6.92 Å². The molecule has 0 heterocycles. The molecule has 0 aromatic rings. The smallest absolute Gasteiger partial charge is 0.870 e. The summed E-state index contributed by atoms with van der Waals surface area (Å²) in [6.45, 7) is 1.57. The van der Waals surface area contributed by atoms with Crippen molar-refractivity contribution in [2.24, 2.45) is 0 Å². The Balaban J connectivity index is -0.0000000200. The summed E-state index contributed by atoms with van der Waals surface area (Å²) in [5.41, 5.74) is 0. The molecule has 0 aromatic heterocycles. The third-order valence-corrected chi connectivity index (χ3v) is 0. The van der Waals surface area contributed by atoms with E-state index < -0.39 is 0 Å². The second-order valence-corrected chi connectivity index (χ2v) is 0.289. The molecule has 2 nitrogen and oxygen atoms in total. The fourth-order valence-electron chi connectivity index (χ4n) is 0. The molecule has 0 fully saturated rings. The van der Waals surface area contributed by atoms with Gasteiger partial charge in [0.05, 0.1) is 0 Å². The van der Waals surface area contributed by atoms with Gasteiger partial charge in [-0.05, 0) is 0 Å². The van der Waals surface area contributed by atoms with Crippen LogP contribution in [-0.2, 0) is 0 Å². The van der Waals surface area contributed by atoms with Gasteiger partial charge in [0.2, 0.25) is 0 Å². The fraction of sp³-hybridized carbons (Fsp3) is 1.00. The molecular weight excluding hydrogens is 96.1 g/mol. The number of rotatable bonds is 0. The molecule has 0 aromatic carbocycles. The average Bonchev–Trinajstić information content (AvgIpc) is 0.918. The first-order valence-electron chi connectivity index (χ1n) is 0.996. The molecule has 0 radical (unpaired) electrons. The molecule has 0 aliphatic heterocycles. The van der Waals surface area contributed by atoms with E-state index in [-0.39, 0.29) is 49.8 Å². The molecule has 0 atom stereocenters.